The van der Waals surface area contributed by atoms with Gasteiger partial charge >= 0.3 is 6.03 Å². The standard InChI is InChI=1S/C9H10N4O5/c1-18-7-3-5(4-11-12-9(10)15)2-6(8(7)14)13(16)17/h2-4,14H,1H3,(H3,10,12,15)/p-1/b11-4-. The first-order valence-electron chi connectivity index (χ1n) is 4.57. The summed E-state index contributed by atoms with van der Waals surface area (Å²) in [6, 6.07) is 1.38. The van der Waals surface area contributed by atoms with Gasteiger partial charge < -0.3 is 15.6 Å². The average molecular weight is 253 g/mol. The fraction of sp³-hybridized carbons (Fsp3) is 0.111. The van der Waals surface area contributed by atoms with Gasteiger partial charge in [0.2, 0.25) is 0 Å². The van der Waals surface area contributed by atoms with Crippen LogP contribution in [0.5, 0.6) is 11.5 Å². The van der Waals surface area contributed by atoms with Crippen LogP contribution in [0, 0.1) is 10.1 Å². The van der Waals surface area contributed by atoms with Crippen LogP contribution in [0.3, 0.4) is 0 Å². The maximum absolute atomic E-state index is 11.5. The molecule has 0 fully saturated rings. The van der Waals surface area contributed by atoms with Crippen molar-refractivity contribution >= 4 is 17.9 Å². The number of hydrogen-bond donors (Lipinski definition) is 2. The number of nitrogens with two attached hydrogens (primary N) is 1. The molecular formula is C9H9N4O5-. The first-order chi connectivity index (χ1) is 8.45. The molecule has 96 valence electrons. The second-order valence-electron chi connectivity index (χ2n) is 3.06. The van der Waals surface area contributed by atoms with Crippen LogP contribution in [0.25, 0.3) is 0 Å². The number of nitro groups is 1. The molecular weight excluding hydrogens is 244 g/mol. The van der Waals surface area contributed by atoms with Crippen LogP contribution in [-0.2, 0) is 0 Å². The molecule has 0 aliphatic carbocycles. The van der Waals surface area contributed by atoms with E-state index in [4.69, 9.17) is 10.5 Å². The Kier molecular flexibility index (Phi) is 4.02. The van der Waals surface area contributed by atoms with Crippen molar-refractivity contribution in [3.63, 3.8) is 0 Å². The van der Waals surface area contributed by atoms with Gasteiger partial charge in [0.05, 0.1) is 18.2 Å². The Morgan fingerprint density at radius 3 is 2.78 bits per heavy atom. The van der Waals surface area contributed by atoms with Gasteiger partial charge in [-0.3, -0.25) is 10.1 Å². The Hall–Kier alpha value is -2.84. The largest absolute Gasteiger partial charge is 0.865 e. The van der Waals surface area contributed by atoms with E-state index in [1.807, 2.05) is 5.43 Å². The van der Waals surface area contributed by atoms with Gasteiger partial charge in [-0.05, 0) is 6.07 Å². The highest BCUT2D eigenvalue weighted by Gasteiger charge is 2.12. The van der Waals surface area contributed by atoms with Crippen molar-refractivity contribution in [2.75, 3.05) is 7.11 Å². The van der Waals surface area contributed by atoms with Crippen LogP contribution in [0.15, 0.2) is 17.2 Å². The van der Waals surface area contributed by atoms with Crippen LogP contribution in [0.4, 0.5) is 10.5 Å². The van der Waals surface area contributed by atoms with Gasteiger partial charge in [0, 0.05) is 17.4 Å². The molecule has 0 spiro atoms. The third-order valence-electron chi connectivity index (χ3n) is 1.86. The number of nitro benzene ring substituents is 1. The van der Waals surface area contributed by atoms with Gasteiger partial charge in [0.1, 0.15) is 5.75 Å². The third kappa shape index (κ3) is 3.07. The summed E-state index contributed by atoms with van der Waals surface area (Å²) in [5, 5.41) is 25.5. The van der Waals surface area contributed by atoms with Gasteiger partial charge in [0.25, 0.3) is 5.69 Å². The smallest absolute Gasteiger partial charge is 0.332 e. The molecule has 0 heterocycles. The van der Waals surface area contributed by atoms with Gasteiger partial charge in [-0.25, -0.2) is 10.2 Å². The van der Waals surface area contributed by atoms with E-state index in [2.05, 4.69) is 5.10 Å². The van der Waals surface area contributed by atoms with E-state index >= 15 is 0 Å². The lowest BCUT2D eigenvalue weighted by Crippen LogP contribution is -2.24. The molecule has 1 aromatic carbocycles. The summed E-state index contributed by atoms with van der Waals surface area (Å²) in [7, 11) is 1.21. The van der Waals surface area contributed by atoms with Crippen molar-refractivity contribution in [1.29, 1.82) is 0 Å². The summed E-state index contributed by atoms with van der Waals surface area (Å²) in [5.41, 5.74) is 6.25. The number of carbonyl (C=O) groups is 1. The predicted octanol–water partition coefficient (Wildman–Crippen LogP) is -0.321. The molecule has 0 aromatic heterocycles. The number of nitrogens with zero attached hydrogens (tertiary/aromatic N) is 2. The highest BCUT2D eigenvalue weighted by atomic mass is 16.6. The number of hydrazone groups is 1. The molecule has 18 heavy (non-hydrogen) atoms. The SMILES string of the molecule is COc1cc(/C=N\NC(N)=O)cc([N+](=O)[O-])c1[O-]. The zero-order chi connectivity index (χ0) is 13.7. The molecule has 9 nitrogen and oxygen atoms in total. The number of nitrogens with one attached hydrogen (secondary N) is 1. The van der Waals surface area contributed by atoms with E-state index in [1.54, 1.807) is 0 Å². The first kappa shape index (κ1) is 13.2. The number of ether oxygens (including phenoxy) is 1. The number of benzene rings is 1. The number of amides is 2. The summed E-state index contributed by atoms with van der Waals surface area (Å²) < 4.78 is 4.71. The molecule has 0 unspecified atom stereocenters. The molecule has 1 rings (SSSR count). The molecule has 9 heteroatoms. The maximum atomic E-state index is 11.5. The minimum atomic E-state index is -0.881. The van der Waals surface area contributed by atoms with Gasteiger partial charge in [-0.2, -0.15) is 5.10 Å². The summed E-state index contributed by atoms with van der Waals surface area (Å²) in [4.78, 5) is 20.2. The molecule has 0 aliphatic heterocycles. The number of rotatable bonds is 4. The zero-order valence-electron chi connectivity index (χ0n) is 9.25. The molecule has 0 saturated heterocycles. The molecule has 0 atom stereocenters. The van der Waals surface area contributed by atoms with Crippen LogP contribution < -0.4 is 21.0 Å². The highest BCUT2D eigenvalue weighted by molar-refractivity contribution is 5.84. The molecule has 0 bridgehead atoms. The summed E-state index contributed by atoms with van der Waals surface area (Å²) in [6.45, 7) is 0. The zero-order valence-corrected chi connectivity index (χ0v) is 9.25. The molecule has 2 amide bonds. The number of hydrogen-bond acceptors (Lipinski definition) is 6. The predicted molar refractivity (Wildman–Crippen MR) is 59.4 cm³/mol. The fourth-order valence-corrected chi connectivity index (χ4v) is 1.14. The van der Waals surface area contributed by atoms with Gasteiger partial charge in [-0.1, -0.05) is 0 Å². The van der Waals surface area contributed by atoms with Crippen molar-refractivity contribution in [3.8, 4) is 11.5 Å². The lowest BCUT2D eigenvalue weighted by Gasteiger charge is -2.12. The molecule has 3 N–H and O–H groups in total. The topological polar surface area (TPSA) is 143 Å². The van der Waals surface area contributed by atoms with Crippen molar-refractivity contribution in [3.05, 3.63) is 27.8 Å². The quantitative estimate of drug-likeness (QED) is 0.429. The van der Waals surface area contributed by atoms with Crippen molar-refractivity contribution in [2.24, 2.45) is 10.8 Å². The van der Waals surface area contributed by atoms with E-state index in [-0.39, 0.29) is 11.3 Å². The van der Waals surface area contributed by atoms with Crippen LogP contribution >= 0.6 is 0 Å². The first-order valence-corrected chi connectivity index (χ1v) is 4.57. The molecule has 1 aromatic rings. The number of carbonyl (C=O) groups excluding carboxylic acids is 1. The van der Waals surface area contributed by atoms with Gasteiger partial charge in [-0.15, -0.1) is 0 Å². The second kappa shape index (κ2) is 5.48. The highest BCUT2D eigenvalue weighted by Crippen LogP contribution is 2.33. The van der Waals surface area contributed by atoms with E-state index in [1.165, 1.54) is 13.2 Å². The summed E-state index contributed by atoms with van der Waals surface area (Å²) in [6.07, 6.45) is 1.10. The lowest BCUT2D eigenvalue weighted by atomic mass is 10.2. The lowest BCUT2D eigenvalue weighted by molar-refractivity contribution is -0.398. The Morgan fingerprint density at radius 1 is 1.61 bits per heavy atom. The van der Waals surface area contributed by atoms with Crippen molar-refractivity contribution < 1.29 is 19.6 Å². The third-order valence-corrected chi connectivity index (χ3v) is 1.86. The fourth-order valence-electron chi connectivity index (χ4n) is 1.14. The minimum Gasteiger partial charge on any atom is -0.865 e. The molecule has 0 saturated carbocycles. The number of urea groups is 1. The van der Waals surface area contributed by atoms with E-state index in [9.17, 15) is 20.0 Å². The monoisotopic (exact) mass is 253 g/mol. The van der Waals surface area contributed by atoms with Crippen LogP contribution in [0.1, 0.15) is 5.56 Å². The van der Waals surface area contributed by atoms with E-state index in [0.29, 0.717) is 0 Å². The van der Waals surface area contributed by atoms with Crippen molar-refractivity contribution in [2.45, 2.75) is 0 Å². The van der Waals surface area contributed by atoms with Crippen LogP contribution in [0.2, 0.25) is 0 Å². The second-order valence-corrected chi connectivity index (χ2v) is 3.06. The Bertz CT molecular complexity index is 514. The van der Waals surface area contributed by atoms with E-state index in [0.717, 1.165) is 12.3 Å². The molecule has 0 radical (unpaired) electrons. The number of methoxy groups -OCH3 is 1. The minimum absolute atomic E-state index is 0.190. The summed E-state index contributed by atoms with van der Waals surface area (Å²) in [5.74, 6) is -1.02. The summed E-state index contributed by atoms with van der Waals surface area (Å²) >= 11 is 0. The molecule has 0 aliphatic rings. The van der Waals surface area contributed by atoms with E-state index < -0.39 is 22.4 Å². The number of primary amides is 1. The Labute approximate surface area is 101 Å². The normalized spacial score (nSPS) is 10.3. The van der Waals surface area contributed by atoms with Gasteiger partial charge in [0.15, 0.2) is 0 Å². The average Bonchev–Trinajstić information content (AvgIpc) is 2.30. The maximum Gasteiger partial charge on any atom is 0.332 e. The Balaban J connectivity index is 3.13. The van der Waals surface area contributed by atoms with Crippen LogP contribution in [-0.4, -0.2) is 24.3 Å². The van der Waals surface area contributed by atoms with Crippen molar-refractivity contribution in [1.82, 2.24) is 5.43 Å². The Morgan fingerprint density at radius 2 is 2.28 bits per heavy atom.